The molecule has 0 aliphatic carbocycles. The van der Waals surface area contributed by atoms with Gasteiger partial charge in [-0.1, -0.05) is 18.2 Å². The van der Waals surface area contributed by atoms with Crippen LogP contribution in [-0.2, 0) is 6.54 Å². The minimum Gasteiger partial charge on any atom is -0.459 e. The summed E-state index contributed by atoms with van der Waals surface area (Å²) in [6.45, 7) is 0.494. The van der Waals surface area contributed by atoms with Gasteiger partial charge in [0.1, 0.15) is 12.7 Å². The molecule has 8 nitrogen and oxygen atoms in total. The van der Waals surface area contributed by atoms with Crippen molar-refractivity contribution in [2.75, 3.05) is 10.6 Å². The summed E-state index contributed by atoms with van der Waals surface area (Å²) in [5.74, 6) is -0.384. The quantitative estimate of drug-likeness (QED) is 0.528. The van der Waals surface area contributed by atoms with Gasteiger partial charge >= 0.3 is 0 Å². The SMILES string of the molecule is O=C(Nc1ccccc1Cn1cncn1)c1ccc(NC(=O)c2ccco2)cc1. The van der Waals surface area contributed by atoms with Crippen molar-refractivity contribution in [3.63, 3.8) is 0 Å². The minimum absolute atomic E-state index is 0.218. The van der Waals surface area contributed by atoms with Gasteiger partial charge in [-0.3, -0.25) is 9.59 Å². The number of amides is 2. The van der Waals surface area contributed by atoms with Crippen LogP contribution in [0.1, 0.15) is 26.5 Å². The predicted molar refractivity (Wildman–Crippen MR) is 107 cm³/mol. The Morgan fingerprint density at radius 1 is 0.931 bits per heavy atom. The summed E-state index contributed by atoms with van der Waals surface area (Å²) in [4.78, 5) is 28.6. The summed E-state index contributed by atoms with van der Waals surface area (Å²) in [6.07, 6.45) is 4.52. The molecule has 0 bridgehead atoms. The maximum Gasteiger partial charge on any atom is 0.291 e. The Hall–Kier alpha value is -4.20. The Morgan fingerprint density at radius 2 is 1.76 bits per heavy atom. The molecule has 0 saturated carbocycles. The molecule has 0 aliphatic heterocycles. The van der Waals surface area contributed by atoms with Crippen molar-refractivity contribution in [1.29, 1.82) is 0 Å². The summed E-state index contributed by atoms with van der Waals surface area (Å²) in [5, 5.41) is 9.73. The van der Waals surface area contributed by atoms with Gasteiger partial charge in [0.2, 0.25) is 0 Å². The van der Waals surface area contributed by atoms with E-state index in [2.05, 4.69) is 20.7 Å². The van der Waals surface area contributed by atoms with Gasteiger partial charge in [0.25, 0.3) is 11.8 Å². The molecule has 8 heteroatoms. The summed E-state index contributed by atoms with van der Waals surface area (Å²) in [5.41, 5.74) is 2.64. The van der Waals surface area contributed by atoms with E-state index in [9.17, 15) is 9.59 Å². The van der Waals surface area contributed by atoms with Crippen LogP contribution in [0.5, 0.6) is 0 Å². The Bertz CT molecular complexity index is 1100. The molecule has 0 saturated heterocycles. The number of anilines is 2. The molecule has 0 aliphatic rings. The average molecular weight is 387 g/mol. The van der Waals surface area contributed by atoms with E-state index in [-0.39, 0.29) is 17.6 Å². The first-order chi connectivity index (χ1) is 14.2. The maximum atomic E-state index is 12.6. The van der Waals surface area contributed by atoms with E-state index in [1.54, 1.807) is 47.4 Å². The molecule has 2 N–H and O–H groups in total. The lowest BCUT2D eigenvalue weighted by molar-refractivity contribution is 0.0995. The van der Waals surface area contributed by atoms with E-state index in [0.29, 0.717) is 23.5 Å². The highest BCUT2D eigenvalue weighted by Gasteiger charge is 2.12. The van der Waals surface area contributed by atoms with Crippen molar-refractivity contribution in [1.82, 2.24) is 14.8 Å². The number of rotatable bonds is 6. The number of furan rings is 1. The third kappa shape index (κ3) is 4.38. The van der Waals surface area contributed by atoms with Crippen LogP contribution in [0, 0.1) is 0 Å². The zero-order valence-electron chi connectivity index (χ0n) is 15.3. The van der Waals surface area contributed by atoms with Crippen LogP contribution in [0.3, 0.4) is 0 Å². The number of carbonyl (C=O) groups excluding carboxylic acids is 2. The molecule has 4 aromatic rings. The van der Waals surface area contributed by atoms with Crippen molar-refractivity contribution < 1.29 is 14.0 Å². The standard InChI is InChI=1S/C21H17N5O3/c27-20(25-18-5-2-1-4-16(18)12-26-14-22-13-23-26)15-7-9-17(10-8-15)24-21(28)19-6-3-11-29-19/h1-11,13-14H,12H2,(H,24,28)(H,25,27). The lowest BCUT2D eigenvalue weighted by Crippen LogP contribution is -2.15. The van der Waals surface area contributed by atoms with Crippen LogP contribution in [0.25, 0.3) is 0 Å². The molecule has 144 valence electrons. The van der Waals surface area contributed by atoms with Gasteiger partial charge < -0.3 is 15.1 Å². The Morgan fingerprint density at radius 3 is 2.48 bits per heavy atom. The second kappa shape index (κ2) is 8.22. The zero-order valence-corrected chi connectivity index (χ0v) is 15.3. The summed E-state index contributed by atoms with van der Waals surface area (Å²) in [7, 11) is 0. The van der Waals surface area contributed by atoms with Crippen molar-refractivity contribution in [2.45, 2.75) is 6.54 Å². The second-order valence-electron chi connectivity index (χ2n) is 6.21. The Balaban J connectivity index is 1.43. The highest BCUT2D eigenvalue weighted by Crippen LogP contribution is 2.18. The molecular formula is C21H17N5O3. The van der Waals surface area contributed by atoms with Crippen LogP contribution < -0.4 is 10.6 Å². The highest BCUT2D eigenvalue weighted by atomic mass is 16.3. The first-order valence-corrected chi connectivity index (χ1v) is 8.85. The van der Waals surface area contributed by atoms with E-state index < -0.39 is 0 Å². The van der Waals surface area contributed by atoms with Gasteiger partial charge in [0.05, 0.1) is 12.8 Å². The molecule has 0 radical (unpaired) electrons. The largest absolute Gasteiger partial charge is 0.459 e. The summed E-state index contributed by atoms with van der Waals surface area (Å²) in [6, 6.07) is 17.4. The Kier molecular flexibility index (Phi) is 5.15. The van der Waals surface area contributed by atoms with E-state index >= 15 is 0 Å². The lowest BCUT2D eigenvalue weighted by Gasteiger charge is -2.11. The first-order valence-electron chi connectivity index (χ1n) is 8.85. The number of hydrogen-bond acceptors (Lipinski definition) is 5. The van der Waals surface area contributed by atoms with Crippen molar-refractivity contribution in [3.05, 3.63) is 96.5 Å². The van der Waals surface area contributed by atoms with Crippen LogP contribution in [0.4, 0.5) is 11.4 Å². The van der Waals surface area contributed by atoms with Crippen LogP contribution >= 0.6 is 0 Å². The number of nitrogens with one attached hydrogen (secondary N) is 2. The van der Waals surface area contributed by atoms with E-state index in [4.69, 9.17) is 4.42 Å². The van der Waals surface area contributed by atoms with Gasteiger partial charge in [0, 0.05) is 16.9 Å². The number of hydrogen-bond donors (Lipinski definition) is 2. The fourth-order valence-corrected chi connectivity index (χ4v) is 2.77. The topological polar surface area (TPSA) is 102 Å². The first kappa shape index (κ1) is 18.2. The molecule has 2 heterocycles. The van der Waals surface area contributed by atoms with Crippen LogP contribution in [0.2, 0.25) is 0 Å². The van der Waals surface area contributed by atoms with Gasteiger partial charge in [-0.05, 0) is 48.0 Å². The van der Waals surface area contributed by atoms with E-state index in [1.165, 1.54) is 12.6 Å². The molecule has 4 rings (SSSR count). The van der Waals surface area contributed by atoms with E-state index in [0.717, 1.165) is 5.56 Å². The molecule has 0 fully saturated rings. The predicted octanol–water partition coefficient (Wildman–Crippen LogP) is 3.42. The molecule has 0 unspecified atom stereocenters. The molecular weight excluding hydrogens is 370 g/mol. The maximum absolute atomic E-state index is 12.6. The number of carbonyl (C=O) groups is 2. The molecule has 2 aromatic carbocycles. The molecule has 2 amide bonds. The highest BCUT2D eigenvalue weighted by molar-refractivity contribution is 6.05. The smallest absolute Gasteiger partial charge is 0.291 e. The average Bonchev–Trinajstić information content (AvgIpc) is 3.44. The molecule has 0 spiro atoms. The monoisotopic (exact) mass is 387 g/mol. The fraction of sp³-hybridized carbons (Fsp3) is 0.0476. The van der Waals surface area contributed by atoms with Crippen molar-refractivity contribution in [2.24, 2.45) is 0 Å². The summed E-state index contributed by atoms with van der Waals surface area (Å²) >= 11 is 0. The van der Waals surface area contributed by atoms with Gasteiger partial charge in [0.15, 0.2) is 5.76 Å². The van der Waals surface area contributed by atoms with Crippen molar-refractivity contribution >= 4 is 23.2 Å². The van der Waals surface area contributed by atoms with Gasteiger partial charge in [-0.25, -0.2) is 9.67 Å². The van der Waals surface area contributed by atoms with Gasteiger partial charge in [-0.2, -0.15) is 5.10 Å². The number of nitrogens with zero attached hydrogens (tertiary/aromatic N) is 3. The van der Waals surface area contributed by atoms with Crippen molar-refractivity contribution in [3.8, 4) is 0 Å². The zero-order chi connectivity index (χ0) is 20.1. The molecule has 0 atom stereocenters. The fourth-order valence-electron chi connectivity index (χ4n) is 2.77. The van der Waals surface area contributed by atoms with Gasteiger partial charge in [-0.15, -0.1) is 0 Å². The van der Waals surface area contributed by atoms with Crippen LogP contribution in [0.15, 0.2) is 84.0 Å². The van der Waals surface area contributed by atoms with E-state index in [1.807, 2.05) is 24.3 Å². The second-order valence-corrected chi connectivity index (χ2v) is 6.21. The lowest BCUT2D eigenvalue weighted by atomic mass is 10.1. The third-order valence-corrected chi connectivity index (χ3v) is 4.21. The minimum atomic E-state index is -0.353. The summed E-state index contributed by atoms with van der Waals surface area (Å²) < 4.78 is 6.74. The number of aromatic nitrogens is 3. The third-order valence-electron chi connectivity index (χ3n) is 4.21. The molecule has 29 heavy (non-hydrogen) atoms. The number of para-hydroxylation sites is 1. The normalized spacial score (nSPS) is 10.5. The number of benzene rings is 2. The molecule has 2 aromatic heterocycles. The Labute approximate surface area is 166 Å². The van der Waals surface area contributed by atoms with Crippen LogP contribution in [-0.4, -0.2) is 26.6 Å².